The molecule has 40 heavy (non-hydrogen) atoms. The van der Waals surface area contributed by atoms with Crippen LogP contribution >= 0.6 is 0 Å². The number of halogens is 6. The zero-order chi connectivity index (χ0) is 28.8. The number of alkyl halides is 6. The van der Waals surface area contributed by atoms with Crippen molar-refractivity contribution in [3.05, 3.63) is 76.6 Å². The predicted molar refractivity (Wildman–Crippen MR) is 138 cm³/mol. The maximum Gasteiger partial charge on any atom is 0.416 e. The molecule has 2 atom stereocenters. The molecule has 1 N–H and O–H groups in total. The Balaban J connectivity index is 1.40. The third kappa shape index (κ3) is 8.26. The van der Waals surface area contributed by atoms with Gasteiger partial charge in [0, 0.05) is 38.6 Å². The Kier molecular flexibility index (Phi) is 9.83. The number of nitrogens with one attached hydrogen (secondary N) is 1. The summed E-state index contributed by atoms with van der Waals surface area (Å²) >= 11 is 0. The van der Waals surface area contributed by atoms with Gasteiger partial charge in [-0.1, -0.05) is 48.9 Å². The molecule has 1 aliphatic rings. The molecule has 0 bridgehead atoms. The lowest BCUT2D eigenvalue weighted by molar-refractivity contribution is -0.143. The third-order valence-corrected chi connectivity index (χ3v) is 7.55. The summed E-state index contributed by atoms with van der Waals surface area (Å²) in [5, 5.41) is 13.9. The van der Waals surface area contributed by atoms with Crippen LogP contribution < -0.4 is 0 Å². The molecule has 0 spiro atoms. The highest BCUT2D eigenvalue weighted by Crippen LogP contribution is 2.40. The van der Waals surface area contributed by atoms with E-state index in [1.165, 1.54) is 0 Å². The first kappa shape index (κ1) is 30.0. The number of aryl methyl sites for hydroxylation is 1. The maximum absolute atomic E-state index is 13.5. The highest BCUT2D eigenvalue weighted by molar-refractivity contribution is 5.35. The van der Waals surface area contributed by atoms with E-state index >= 15 is 0 Å². The summed E-state index contributed by atoms with van der Waals surface area (Å²) in [6.45, 7) is 5.92. The van der Waals surface area contributed by atoms with Crippen molar-refractivity contribution in [3.63, 3.8) is 0 Å². The van der Waals surface area contributed by atoms with Gasteiger partial charge in [-0.05, 0) is 61.1 Å². The SMILES string of the molecule is CC(CC(c1ccccc1)N1CCN(CCCCCc2nn[nH]n2)CC1)c1cc(C(F)(F)F)cc(C(F)(F)F)c1. The molecule has 3 aromatic rings. The van der Waals surface area contributed by atoms with Crippen molar-refractivity contribution in [1.29, 1.82) is 0 Å². The van der Waals surface area contributed by atoms with Gasteiger partial charge in [-0.3, -0.25) is 4.90 Å². The molecule has 0 amide bonds. The van der Waals surface area contributed by atoms with Gasteiger partial charge in [0.15, 0.2) is 5.82 Å². The molecule has 0 saturated carbocycles. The van der Waals surface area contributed by atoms with Crippen LogP contribution in [-0.2, 0) is 18.8 Å². The summed E-state index contributed by atoms with van der Waals surface area (Å²) in [6.07, 6.45) is -5.45. The standard InChI is InChI=1S/C28H34F6N6/c1-20(22-17-23(27(29,30)31)19-24(18-22)28(32,33)34)16-25(21-8-4-2-5-9-21)40-14-12-39(13-15-40)11-7-3-6-10-26-35-37-38-36-26/h2,4-5,8-9,17-20,25H,3,6-7,10-16H2,1H3,(H,35,36,37,38). The normalized spacial score (nSPS) is 17.2. The van der Waals surface area contributed by atoms with E-state index in [-0.39, 0.29) is 17.7 Å². The number of H-pyrrole nitrogens is 1. The molecule has 218 valence electrons. The minimum atomic E-state index is -4.86. The van der Waals surface area contributed by atoms with Crippen LogP contribution in [-0.4, -0.2) is 63.1 Å². The van der Waals surface area contributed by atoms with Gasteiger partial charge in [0.1, 0.15) is 0 Å². The van der Waals surface area contributed by atoms with Crippen molar-refractivity contribution in [3.8, 4) is 0 Å². The van der Waals surface area contributed by atoms with Crippen molar-refractivity contribution in [2.45, 2.75) is 63.3 Å². The number of aromatic nitrogens is 4. The Morgan fingerprint density at radius 1 is 0.825 bits per heavy atom. The number of piperazine rings is 1. The van der Waals surface area contributed by atoms with Crippen LogP contribution in [0.3, 0.4) is 0 Å². The zero-order valence-electron chi connectivity index (χ0n) is 22.3. The van der Waals surface area contributed by atoms with E-state index < -0.39 is 29.4 Å². The minimum Gasteiger partial charge on any atom is -0.301 e. The molecule has 0 aliphatic carbocycles. The van der Waals surface area contributed by atoms with Gasteiger partial charge in [-0.15, -0.1) is 10.2 Å². The van der Waals surface area contributed by atoms with Gasteiger partial charge in [-0.2, -0.15) is 31.6 Å². The molecule has 2 heterocycles. The van der Waals surface area contributed by atoms with E-state index in [1.54, 1.807) is 6.92 Å². The second-order valence-corrected chi connectivity index (χ2v) is 10.4. The van der Waals surface area contributed by atoms with Crippen LogP contribution in [0.4, 0.5) is 26.3 Å². The topological polar surface area (TPSA) is 60.9 Å². The molecule has 1 aromatic heterocycles. The quantitative estimate of drug-likeness (QED) is 0.211. The molecular formula is C28H34F6N6. The fraction of sp³-hybridized carbons (Fsp3) is 0.536. The molecule has 0 radical (unpaired) electrons. The van der Waals surface area contributed by atoms with Crippen LogP contribution in [0.2, 0.25) is 0 Å². The van der Waals surface area contributed by atoms with Gasteiger partial charge in [0.05, 0.1) is 11.1 Å². The average Bonchev–Trinajstić information content (AvgIpc) is 3.45. The number of hydrogen-bond donors (Lipinski definition) is 1. The number of unbranched alkanes of at least 4 members (excludes halogenated alkanes) is 2. The lowest BCUT2D eigenvalue weighted by Gasteiger charge is -2.40. The smallest absolute Gasteiger partial charge is 0.301 e. The molecule has 1 aliphatic heterocycles. The van der Waals surface area contributed by atoms with E-state index in [1.807, 2.05) is 30.3 Å². The summed E-state index contributed by atoms with van der Waals surface area (Å²) in [4.78, 5) is 4.70. The minimum absolute atomic E-state index is 0.0440. The van der Waals surface area contributed by atoms with E-state index in [0.29, 0.717) is 6.42 Å². The Hall–Kier alpha value is -2.99. The first-order valence-corrected chi connectivity index (χ1v) is 13.5. The third-order valence-electron chi connectivity index (χ3n) is 7.55. The fourth-order valence-corrected chi connectivity index (χ4v) is 5.29. The number of benzene rings is 2. The largest absolute Gasteiger partial charge is 0.416 e. The van der Waals surface area contributed by atoms with Gasteiger partial charge in [0.25, 0.3) is 0 Å². The molecule has 6 nitrogen and oxygen atoms in total. The van der Waals surface area contributed by atoms with E-state index in [2.05, 4.69) is 30.4 Å². The monoisotopic (exact) mass is 568 g/mol. The lowest BCUT2D eigenvalue weighted by Crippen LogP contribution is -2.48. The van der Waals surface area contributed by atoms with Crippen LogP contribution in [0, 0.1) is 0 Å². The molecular weight excluding hydrogens is 534 g/mol. The van der Waals surface area contributed by atoms with Gasteiger partial charge in [-0.25, -0.2) is 0 Å². The summed E-state index contributed by atoms with van der Waals surface area (Å²) in [6, 6.07) is 11.4. The second kappa shape index (κ2) is 13.1. The van der Waals surface area contributed by atoms with E-state index in [9.17, 15) is 26.3 Å². The molecule has 4 rings (SSSR count). The number of aromatic amines is 1. The first-order chi connectivity index (χ1) is 19.0. The Morgan fingerprint density at radius 3 is 2.05 bits per heavy atom. The zero-order valence-corrected chi connectivity index (χ0v) is 22.3. The highest BCUT2D eigenvalue weighted by atomic mass is 19.4. The van der Waals surface area contributed by atoms with Crippen molar-refractivity contribution in [2.75, 3.05) is 32.7 Å². The van der Waals surface area contributed by atoms with Crippen molar-refractivity contribution in [2.24, 2.45) is 0 Å². The highest BCUT2D eigenvalue weighted by Gasteiger charge is 2.37. The van der Waals surface area contributed by atoms with Crippen molar-refractivity contribution >= 4 is 0 Å². The van der Waals surface area contributed by atoms with Crippen LogP contribution in [0.5, 0.6) is 0 Å². The van der Waals surface area contributed by atoms with E-state index in [0.717, 1.165) is 81.9 Å². The van der Waals surface area contributed by atoms with Crippen LogP contribution in [0.25, 0.3) is 0 Å². The maximum atomic E-state index is 13.5. The number of tetrazole rings is 1. The van der Waals surface area contributed by atoms with Crippen LogP contribution in [0.15, 0.2) is 48.5 Å². The number of rotatable bonds is 11. The Bertz CT molecular complexity index is 1140. The molecule has 1 fully saturated rings. The van der Waals surface area contributed by atoms with E-state index in [4.69, 9.17) is 0 Å². The molecule has 2 unspecified atom stereocenters. The van der Waals surface area contributed by atoms with Gasteiger partial charge >= 0.3 is 12.4 Å². The van der Waals surface area contributed by atoms with Crippen molar-refractivity contribution < 1.29 is 26.3 Å². The Morgan fingerprint density at radius 2 is 1.48 bits per heavy atom. The van der Waals surface area contributed by atoms with Crippen LogP contribution in [0.1, 0.15) is 72.6 Å². The summed E-state index contributed by atoms with van der Waals surface area (Å²) in [5.74, 6) is 0.195. The van der Waals surface area contributed by atoms with Gasteiger partial charge in [0.2, 0.25) is 0 Å². The van der Waals surface area contributed by atoms with Crippen molar-refractivity contribution in [1.82, 2.24) is 30.4 Å². The fourth-order valence-electron chi connectivity index (χ4n) is 5.29. The molecule has 1 saturated heterocycles. The first-order valence-electron chi connectivity index (χ1n) is 13.5. The average molecular weight is 569 g/mol. The Labute approximate surface area is 229 Å². The second-order valence-electron chi connectivity index (χ2n) is 10.4. The number of nitrogens with zero attached hydrogens (tertiary/aromatic N) is 5. The number of hydrogen-bond acceptors (Lipinski definition) is 5. The van der Waals surface area contributed by atoms with Gasteiger partial charge < -0.3 is 4.90 Å². The lowest BCUT2D eigenvalue weighted by atomic mass is 9.87. The molecule has 12 heteroatoms. The summed E-state index contributed by atoms with van der Waals surface area (Å²) in [5.41, 5.74) is -1.49. The predicted octanol–water partition coefficient (Wildman–Crippen LogP) is 6.50. The summed E-state index contributed by atoms with van der Waals surface area (Å²) in [7, 11) is 0. The summed E-state index contributed by atoms with van der Waals surface area (Å²) < 4.78 is 80.8. The molecule has 2 aromatic carbocycles.